The van der Waals surface area contributed by atoms with Crippen molar-refractivity contribution in [2.75, 3.05) is 13.2 Å². The lowest BCUT2D eigenvalue weighted by molar-refractivity contribution is -0.106. The van der Waals surface area contributed by atoms with Crippen LogP contribution >= 0.6 is 0 Å². The molecule has 6 heteroatoms. The third kappa shape index (κ3) is 7.26. The minimum absolute atomic E-state index is 0.0456. The van der Waals surface area contributed by atoms with Crippen LogP contribution in [0.3, 0.4) is 0 Å². The molecule has 12 heavy (non-hydrogen) atoms. The van der Waals surface area contributed by atoms with Gasteiger partial charge in [-0.3, -0.25) is 5.73 Å². The average molecular weight is 178 g/mol. The third-order valence-electron chi connectivity index (χ3n) is 1.06. The molecule has 0 heterocycles. The van der Waals surface area contributed by atoms with Crippen LogP contribution in [0.4, 0.5) is 4.79 Å². The van der Waals surface area contributed by atoms with Gasteiger partial charge in [0, 0.05) is 5.92 Å². The predicted molar refractivity (Wildman–Crippen MR) is 40.8 cm³/mol. The van der Waals surface area contributed by atoms with Crippen LogP contribution in [0.5, 0.6) is 0 Å². The second kappa shape index (κ2) is 5.76. The number of rotatable bonds is 5. The van der Waals surface area contributed by atoms with Gasteiger partial charge in [0.05, 0.1) is 13.2 Å². The topological polar surface area (TPSA) is 108 Å². The molecule has 0 spiro atoms. The molecular formula is C6H14N2O4. The number of ether oxygens (including phenoxy) is 2. The molecule has 0 aliphatic carbocycles. The van der Waals surface area contributed by atoms with Gasteiger partial charge < -0.3 is 20.3 Å². The highest BCUT2D eigenvalue weighted by atomic mass is 16.6. The lowest BCUT2D eigenvalue weighted by Crippen LogP contribution is -2.27. The second-order valence-corrected chi connectivity index (χ2v) is 2.46. The first kappa shape index (κ1) is 11.2. The Kier molecular flexibility index (Phi) is 5.35. The summed E-state index contributed by atoms with van der Waals surface area (Å²) in [4.78, 5) is 10.1. The highest BCUT2D eigenvalue weighted by molar-refractivity contribution is 5.64. The molecule has 2 atom stereocenters. The van der Waals surface area contributed by atoms with Crippen LogP contribution in [0.15, 0.2) is 0 Å². The third-order valence-corrected chi connectivity index (χ3v) is 1.06. The average Bonchev–Trinajstić information content (AvgIpc) is 1.96. The molecule has 6 nitrogen and oxygen atoms in total. The maximum Gasteiger partial charge on any atom is 0.404 e. The van der Waals surface area contributed by atoms with Crippen molar-refractivity contribution in [2.45, 2.75) is 13.3 Å². The van der Waals surface area contributed by atoms with Crippen molar-refractivity contribution < 1.29 is 19.4 Å². The van der Waals surface area contributed by atoms with Gasteiger partial charge in [0.2, 0.25) is 6.41 Å². The zero-order valence-corrected chi connectivity index (χ0v) is 6.90. The summed E-state index contributed by atoms with van der Waals surface area (Å²) in [6, 6.07) is 0. The molecule has 0 aliphatic heterocycles. The molecule has 0 saturated carbocycles. The lowest BCUT2D eigenvalue weighted by atomic mass is 10.2. The highest BCUT2D eigenvalue weighted by Crippen LogP contribution is 1.97. The Morgan fingerprint density at radius 2 is 2.17 bits per heavy atom. The summed E-state index contributed by atoms with van der Waals surface area (Å²) in [5.41, 5.74) is 9.62. The van der Waals surface area contributed by atoms with E-state index >= 15 is 0 Å². The number of carbonyl (C=O) groups excluding carboxylic acids is 1. The standard InChI is InChI=1S/C6H14N2O4/c1-4(2-11-5(7)9)3-12-6(8)10/h4-5,9H,2-3,7H2,1H3,(H2,8,10). The molecule has 1 amide bonds. The first-order valence-corrected chi connectivity index (χ1v) is 3.50. The Labute approximate surface area is 70.4 Å². The fourth-order valence-corrected chi connectivity index (χ4v) is 0.535. The van der Waals surface area contributed by atoms with Crippen LogP contribution < -0.4 is 11.5 Å². The summed E-state index contributed by atoms with van der Waals surface area (Å²) in [5, 5.41) is 8.50. The molecule has 0 radical (unpaired) electrons. The smallest absolute Gasteiger partial charge is 0.404 e. The van der Waals surface area contributed by atoms with E-state index in [0.717, 1.165) is 0 Å². The summed E-state index contributed by atoms with van der Waals surface area (Å²) < 4.78 is 9.11. The van der Waals surface area contributed by atoms with E-state index in [2.05, 4.69) is 9.47 Å². The van der Waals surface area contributed by atoms with Gasteiger partial charge in [0.25, 0.3) is 0 Å². The van der Waals surface area contributed by atoms with Crippen molar-refractivity contribution in [1.82, 2.24) is 0 Å². The molecule has 0 fully saturated rings. The van der Waals surface area contributed by atoms with Crippen LogP contribution in [0.1, 0.15) is 6.92 Å². The van der Waals surface area contributed by atoms with Crippen molar-refractivity contribution in [3.8, 4) is 0 Å². The Balaban J connectivity index is 3.33. The van der Waals surface area contributed by atoms with Crippen molar-refractivity contribution in [3.05, 3.63) is 0 Å². The Bertz CT molecular complexity index is 140. The number of amides is 1. The molecule has 0 aromatic carbocycles. The molecule has 0 aliphatic rings. The molecule has 0 aromatic rings. The number of carbonyl (C=O) groups is 1. The first-order chi connectivity index (χ1) is 5.52. The Morgan fingerprint density at radius 1 is 1.58 bits per heavy atom. The Hall–Kier alpha value is -0.850. The summed E-state index contributed by atoms with van der Waals surface area (Å²) in [6.45, 7) is 2.14. The molecule has 0 saturated heterocycles. The molecule has 72 valence electrons. The van der Waals surface area contributed by atoms with Crippen LogP contribution in [0.25, 0.3) is 0 Å². The van der Waals surface area contributed by atoms with Crippen molar-refractivity contribution in [2.24, 2.45) is 17.4 Å². The molecular weight excluding hydrogens is 164 g/mol. The van der Waals surface area contributed by atoms with Gasteiger partial charge >= 0.3 is 6.09 Å². The van der Waals surface area contributed by atoms with E-state index in [9.17, 15) is 4.79 Å². The number of hydrogen-bond acceptors (Lipinski definition) is 5. The van der Waals surface area contributed by atoms with E-state index in [1.54, 1.807) is 6.92 Å². The highest BCUT2D eigenvalue weighted by Gasteiger charge is 2.06. The number of aliphatic hydroxyl groups excluding tert-OH is 1. The first-order valence-electron chi connectivity index (χ1n) is 3.50. The maximum atomic E-state index is 10.1. The number of aliphatic hydroxyl groups is 1. The number of primary amides is 1. The SMILES string of the molecule is CC(COC(N)=O)COC(N)O. The second-order valence-electron chi connectivity index (χ2n) is 2.46. The molecule has 0 bridgehead atoms. The van der Waals surface area contributed by atoms with Crippen LogP contribution in [-0.4, -0.2) is 30.8 Å². The molecule has 2 unspecified atom stereocenters. The number of hydrogen-bond donors (Lipinski definition) is 3. The monoisotopic (exact) mass is 178 g/mol. The van der Waals surface area contributed by atoms with Gasteiger partial charge in [0.15, 0.2) is 0 Å². The largest absolute Gasteiger partial charge is 0.449 e. The van der Waals surface area contributed by atoms with Gasteiger partial charge in [0.1, 0.15) is 0 Å². The van der Waals surface area contributed by atoms with Crippen LogP contribution in [0.2, 0.25) is 0 Å². The normalized spacial score (nSPS) is 15.2. The quantitative estimate of drug-likeness (QED) is 0.466. The summed E-state index contributed by atoms with van der Waals surface area (Å²) in [6.07, 6.45) is -2.11. The van der Waals surface area contributed by atoms with Crippen LogP contribution in [0, 0.1) is 5.92 Å². The fraction of sp³-hybridized carbons (Fsp3) is 0.833. The minimum Gasteiger partial charge on any atom is -0.449 e. The van der Waals surface area contributed by atoms with Crippen molar-refractivity contribution >= 4 is 6.09 Å². The van der Waals surface area contributed by atoms with Crippen molar-refractivity contribution in [1.29, 1.82) is 0 Å². The summed E-state index contributed by atoms with van der Waals surface area (Å²) >= 11 is 0. The summed E-state index contributed by atoms with van der Waals surface area (Å²) in [7, 11) is 0. The molecule has 0 aromatic heterocycles. The van der Waals surface area contributed by atoms with Gasteiger partial charge in [-0.1, -0.05) is 6.92 Å². The van der Waals surface area contributed by atoms with Crippen LogP contribution in [-0.2, 0) is 9.47 Å². The zero-order valence-electron chi connectivity index (χ0n) is 6.90. The molecule has 0 rings (SSSR count). The van der Waals surface area contributed by atoms with Gasteiger partial charge in [-0.15, -0.1) is 0 Å². The lowest BCUT2D eigenvalue weighted by Gasteiger charge is -2.12. The van der Waals surface area contributed by atoms with E-state index in [1.807, 2.05) is 0 Å². The van der Waals surface area contributed by atoms with E-state index < -0.39 is 12.5 Å². The molecule has 5 N–H and O–H groups in total. The summed E-state index contributed by atoms with van der Waals surface area (Å²) in [5.74, 6) is -0.0456. The van der Waals surface area contributed by atoms with Crippen molar-refractivity contribution in [3.63, 3.8) is 0 Å². The van der Waals surface area contributed by atoms with Gasteiger partial charge in [-0.25, -0.2) is 4.79 Å². The zero-order chi connectivity index (χ0) is 9.56. The minimum atomic E-state index is -1.29. The van der Waals surface area contributed by atoms with Gasteiger partial charge in [-0.05, 0) is 0 Å². The van der Waals surface area contributed by atoms with E-state index in [0.29, 0.717) is 0 Å². The van der Waals surface area contributed by atoms with E-state index in [4.69, 9.17) is 16.6 Å². The maximum absolute atomic E-state index is 10.1. The predicted octanol–water partition coefficient (Wildman–Crippen LogP) is -1.03. The van der Waals surface area contributed by atoms with E-state index in [1.165, 1.54) is 0 Å². The van der Waals surface area contributed by atoms with E-state index in [-0.39, 0.29) is 19.1 Å². The van der Waals surface area contributed by atoms with Gasteiger partial charge in [-0.2, -0.15) is 0 Å². The number of nitrogens with two attached hydrogens (primary N) is 2. The fourth-order valence-electron chi connectivity index (χ4n) is 0.535. The Morgan fingerprint density at radius 3 is 2.58 bits per heavy atom.